The highest BCUT2D eigenvalue weighted by Crippen LogP contribution is 2.22. The van der Waals surface area contributed by atoms with Crippen LogP contribution < -0.4 is 4.90 Å². The molecule has 1 saturated heterocycles. The Morgan fingerprint density at radius 1 is 1.16 bits per heavy atom. The first-order chi connectivity index (χ1) is 12.0. The summed E-state index contributed by atoms with van der Waals surface area (Å²) < 4.78 is 5.58. The van der Waals surface area contributed by atoms with Crippen LogP contribution in [0.1, 0.15) is 27.4 Å². The number of nitrogens with zero attached hydrogens (tertiary/aromatic N) is 2. The number of thioether (sulfide) groups is 1. The molecule has 1 aromatic carbocycles. The van der Waals surface area contributed by atoms with E-state index in [0.29, 0.717) is 18.8 Å². The second-order valence-corrected chi connectivity index (χ2v) is 7.18. The van der Waals surface area contributed by atoms with Crippen LogP contribution in [0, 0.1) is 13.8 Å². The number of anilines is 1. The van der Waals surface area contributed by atoms with Crippen molar-refractivity contribution in [2.45, 2.75) is 19.6 Å². The van der Waals surface area contributed by atoms with E-state index < -0.39 is 0 Å². The van der Waals surface area contributed by atoms with Gasteiger partial charge in [-0.25, -0.2) is 0 Å². The van der Waals surface area contributed by atoms with Crippen molar-refractivity contribution >= 4 is 29.3 Å². The number of hydrogen-bond acceptors (Lipinski definition) is 4. The molecule has 1 fully saturated rings. The lowest BCUT2D eigenvalue weighted by Gasteiger charge is -2.34. The standard InChI is InChI=1S/C19H22N2O3S/c1-13-8-14(2)10-15(9-13)21-7-6-20(11-18(21)22)19(23)17-5-4-16(24-17)12-25-3/h4-5,8-10H,6-7,11-12H2,1-3H3. The van der Waals surface area contributed by atoms with Gasteiger partial charge in [0.25, 0.3) is 5.91 Å². The third-order valence-electron chi connectivity index (χ3n) is 4.19. The summed E-state index contributed by atoms with van der Waals surface area (Å²) in [6.07, 6.45) is 1.98. The summed E-state index contributed by atoms with van der Waals surface area (Å²) in [5.74, 6) is 1.51. The maximum absolute atomic E-state index is 12.6. The first-order valence-corrected chi connectivity index (χ1v) is 9.63. The lowest BCUT2D eigenvalue weighted by Crippen LogP contribution is -2.52. The van der Waals surface area contributed by atoms with Crippen LogP contribution in [0.15, 0.2) is 34.7 Å². The third-order valence-corrected chi connectivity index (χ3v) is 4.76. The van der Waals surface area contributed by atoms with Crippen LogP contribution in [0.3, 0.4) is 0 Å². The lowest BCUT2D eigenvalue weighted by atomic mass is 10.1. The quantitative estimate of drug-likeness (QED) is 0.842. The molecule has 3 rings (SSSR count). The molecule has 0 aliphatic carbocycles. The van der Waals surface area contributed by atoms with Gasteiger partial charge in [0.15, 0.2) is 5.76 Å². The molecule has 0 atom stereocenters. The van der Waals surface area contributed by atoms with Gasteiger partial charge in [-0.05, 0) is 55.5 Å². The minimum absolute atomic E-state index is 0.0690. The molecule has 0 radical (unpaired) electrons. The summed E-state index contributed by atoms with van der Waals surface area (Å²) in [7, 11) is 0. The largest absolute Gasteiger partial charge is 0.455 e. The molecule has 0 N–H and O–H groups in total. The van der Waals surface area contributed by atoms with Gasteiger partial charge in [0.1, 0.15) is 12.3 Å². The van der Waals surface area contributed by atoms with E-state index in [-0.39, 0.29) is 18.4 Å². The maximum Gasteiger partial charge on any atom is 0.290 e. The van der Waals surface area contributed by atoms with Crippen molar-refractivity contribution in [3.63, 3.8) is 0 Å². The predicted molar refractivity (Wildman–Crippen MR) is 100 cm³/mol. The van der Waals surface area contributed by atoms with Gasteiger partial charge in [-0.2, -0.15) is 11.8 Å². The number of aryl methyl sites for hydroxylation is 2. The normalized spacial score (nSPS) is 14.9. The topological polar surface area (TPSA) is 53.8 Å². The summed E-state index contributed by atoms with van der Waals surface area (Å²) in [5.41, 5.74) is 3.14. The Bertz CT molecular complexity index is 779. The number of carbonyl (C=O) groups excluding carboxylic acids is 2. The highest BCUT2D eigenvalue weighted by Gasteiger charge is 2.30. The molecule has 0 bridgehead atoms. The van der Waals surface area contributed by atoms with Crippen LogP contribution in [-0.2, 0) is 10.5 Å². The highest BCUT2D eigenvalue weighted by molar-refractivity contribution is 7.97. The van der Waals surface area contributed by atoms with Gasteiger partial charge in [-0.15, -0.1) is 0 Å². The first kappa shape index (κ1) is 17.6. The highest BCUT2D eigenvalue weighted by atomic mass is 32.2. The second kappa shape index (κ2) is 7.35. The molecule has 0 saturated carbocycles. The number of piperazine rings is 1. The van der Waals surface area contributed by atoms with Crippen molar-refractivity contribution in [2.75, 3.05) is 30.8 Å². The van der Waals surface area contributed by atoms with Crippen LogP contribution in [0.25, 0.3) is 0 Å². The molecule has 2 heterocycles. The summed E-state index contributed by atoms with van der Waals surface area (Å²) >= 11 is 1.64. The summed E-state index contributed by atoms with van der Waals surface area (Å²) in [6.45, 7) is 5.10. The van der Waals surface area contributed by atoms with Crippen molar-refractivity contribution in [3.05, 3.63) is 53.0 Å². The van der Waals surface area contributed by atoms with E-state index in [1.54, 1.807) is 27.6 Å². The SMILES string of the molecule is CSCc1ccc(C(=O)N2CCN(c3cc(C)cc(C)c3)C(=O)C2)o1. The fourth-order valence-electron chi connectivity index (χ4n) is 3.09. The van der Waals surface area contributed by atoms with Gasteiger partial charge in [0, 0.05) is 18.8 Å². The Hall–Kier alpha value is -2.21. The van der Waals surface area contributed by atoms with Crippen molar-refractivity contribution in [1.82, 2.24) is 4.90 Å². The molecule has 25 heavy (non-hydrogen) atoms. The fourth-order valence-corrected chi connectivity index (χ4v) is 3.53. The maximum atomic E-state index is 12.6. The summed E-state index contributed by atoms with van der Waals surface area (Å²) in [4.78, 5) is 28.5. The van der Waals surface area contributed by atoms with Crippen molar-refractivity contribution in [1.29, 1.82) is 0 Å². The molecule has 5 nitrogen and oxygen atoms in total. The Morgan fingerprint density at radius 3 is 2.52 bits per heavy atom. The van der Waals surface area contributed by atoms with E-state index in [9.17, 15) is 9.59 Å². The van der Waals surface area contributed by atoms with Gasteiger partial charge in [0.05, 0.1) is 5.75 Å². The Morgan fingerprint density at radius 2 is 1.88 bits per heavy atom. The van der Waals surface area contributed by atoms with Gasteiger partial charge in [-0.1, -0.05) is 6.07 Å². The number of benzene rings is 1. The second-order valence-electron chi connectivity index (χ2n) is 6.32. The van der Waals surface area contributed by atoms with E-state index in [0.717, 1.165) is 28.3 Å². The van der Waals surface area contributed by atoms with E-state index in [1.165, 1.54) is 0 Å². The van der Waals surface area contributed by atoms with Crippen molar-refractivity contribution < 1.29 is 14.0 Å². The molecular formula is C19H22N2O3S. The summed E-state index contributed by atoms with van der Waals surface area (Å²) in [6, 6.07) is 9.59. The van der Waals surface area contributed by atoms with Gasteiger partial charge >= 0.3 is 0 Å². The molecule has 2 amide bonds. The zero-order chi connectivity index (χ0) is 18.0. The van der Waals surface area contributed by atoms with Crippen LogP contribution in [-0.4, -0.2) is 42.6 Å². The number of furan rings is 1. The monoisotopic (exact) mass is 358 g/mol. The zero-order valence-corrected chi connectivity index (χ0v) is 15.6. The fraction of sp³-hybridized carbons (Fsp3) is 0.368. The molecule has 0 spiro atoms. The molecular weight excluding hydrogens is 336 g/mol. The number of hydrogen-bond donors (Lipinski definition) is 0. The van der Waals surface area contributed by atoms with Crippen molar-refractivity contribution in [3.8, 4) is 0 Å². The van der Waals surface area contributed by atoms with E-state index in [4.69, 9.17) is 4.42 Å². The zero-order valence-electron chi connectivity index (χ0n) is 14.7. The molecule has 1 aliphatic heterocycles. The lowest BCUT2D eigenvalue weighted by molar-refractivity contribution is -0.120. The van der Waals surface area contributed by atoms with Gasteiger partial charge < -0.3 is 14.2 Å². The molecule has 0 unspecified atom stereocenters. The Kier molecular flexibility index (Phi) is 5.18. The van der Waals surface area contributed by atoms with E-state index in [2.05, 4.69) is 6.07 Å². The molecule has 1 aliphatic rings. The minimum Gasteiger partial charge on any atom is -0.455 e. The number of carbonyl (C=O) groups is 2. The van der Waals surface area contributed by atoms with Gasteiger partial charge in [-0.3, -0.25) is 9.59 Å². The first-order valence-electron chi connectivity index (χ1n) is 8.23. The third kappa shape index (κ3) is 3.90. The Balaban J connectivity index is 1.70. The van der Waals surface area contributed by atoms with Crippen molar-refractivity contribution in [2.24, 2.45) is 0 Å². The summed E-state index contributed by atoms with van der Waals surface area (Å²) in [5, 5.41) is 0. The van der Waals surface area contributed by atoms with Gasteiger partial charge in [0.2, 0.25) is 5.91 Å². The van der Waals surface area contributed by atoms with E-state index in [1.807, 2.05) is 38.3 Å². The average molecular weight is 358 g/mol. The smallest absolute Gasteiger partial charge is 0.290 e. The average Bonchev–Trinajstić information content (AvgIpc) is 3.02. The molecule has 1 aromatic heterocycles. The predicted octanol–water partition coefficient (Wildman–Crippen LogP) is 3.25. The van der Waals surface area contributed by atoms with Crippen LogP contribution in [0.2, 0.25) is 0 Å². The van der Waals surface area contributed by atoms with Crippen LogP contribution >= 0.6 is 11.8 Å². The number of amides is 2. The van der Waals surface area contributed by atoms with Crippen LogP contribution in [0.5, 0.6) is 0 Å². The minimum atomic E-state index is -0.222. The molecule has 6 heteroatoms. The number of rotatable bonds is 4. The molecule has 132 valence electrons. The molecule has 2 aromatic rings. The van der Waals surface area contributed by atoms with Crippen LogP contribution in [0.4, 0.5) is 5.69 Å². The van der Waals surface area contributed by atoms with E-state index >= 15 is 0 Å². The Labute approximate surface area is 152 Å².